The number of nitrogens with one attached hydrogen (secondary N) is 2. The molecule has 132 valence electrons. The number of rotatable bonds is 4. The number of anilines is 2. The molecule has 0 aliphatic heterocycles. The average molecular weight is 342 g/mol. The number of benzene rings is 2. The van der Waals surface area contributed by atoms with Gasteiger partial charge >= 0.3 is 6.09 Å². The van der Waals surface area contributed by atoms with E-state index in [4.69, 9.17) is 9.47 Å². The molecule has 6 heteroatoms. The Hall–Kier alpha value is -3.02. The lowest BCUT2D eigenvalue weighted by Crippen LogP contribution is -2.27. The normalized spacial score (nSPS) is 10.7. The maximum absolute atomic E-state index is 12.3. The SMILES string of the molecule is COc1ccc(NC(=O)c2cccc(NC(=O)OC(C)(C)C)c2)cc1. The zero-order valence-electron chi connectivity index (χ0n) is 14.8. The molecule has 0 bridgehead atoms. The van der Waals surface area contributed by atoms with E-state index in [1.165, 1.54) is 0 Å². The van der Waals surface area contributed by atoms with E-state index in [-0.39, 0.29) is 5.91 Å². The number of hydrogen-bond acceptors (Lipinski definition) is 4. The van der Waals surface area contributed by atoms with Crippen LogP contribution >= 0.6 is 0 Å². The summed E-state index contributed by atoms with van der Waals surface area (Å²) in [4.78, 5) is 24.2. The third kappa shape index (κ3) is 5.84. The molecule has 0 unspecified atom stereocenters. The van der Waals surface area contributed by atoms with Crippen LogP contribution in [0.4, 0.5) is 16.2 Å². The second kappa shape index (κ2) is 7.70. The van der Waals surface area contributed by atoms with Crippen molar-refractivity contribution in [3.05, 3.63) is 54.1 Å². The molecule has 2 aromatic carbocycles. The topological polar surface area (TPSA) is 76.7 Å². The Labute approximate surface area is 147 Å². The zero-order chi connectivity index (χ0) is 18.4. The van der Waals surface area contributed by atoms with Gasteiger partial charge in [0.05, 0.1) is 7.11 Å². The first-order chi connectivity index (χ1) is 11.8. The summed E-state index contributed by atoms with van der Waals surface area (Å²) in [5, 5.41) is 5.40. The first-order valence-electron chi connectivity index (χ1n) is 7.82. The molecule has 6 nitrogen and oxygen atoms in total. The van der Waals surface area contributed by atoms with Gasteiger partial charge in [-0.05, 0) is 63.2 Å². The summed E-state index contributed by atoms with van der Waals surface area (Å²) in [6.07, 6.45) is -0.569. The standard InChI is InChI=1S/C19H22N2O4/c1-19(2,3)25-18(23)21-15-7-5-6-13(12-15)17(22)20-14-8-10-16(24-4)11-9-14/h5-12H,1-4H3,(H,20,22)(H,21,23). The molecule has 0 radical (unpaired) electrons. The molecular formula is C19H22N2O4. The van der Waals surface area contributed by atoms with Gasteiger partial charge < -0.3 is 14.8 Å². The maximum atomic E-state index is 12.3. The average Bonchev–Trinajstić information content (AvgIpc) is 2.54. The quantitative estimate of drug-likeness (QED) is 0.869. The predicted molar refractivity (Wildman–Crippen MR) is 97.2 cm³/mol. The lowest BCUT2D eigenvalue weighted by Gasteiger charge is -2.19. The van der Waals surface area contributed by atoms with Crippen molar-refractivity contribution in [1.29, 1.82) is 0 Å². The molecule has 0 aliphatic carbocycles. The Bertz CT molecular complexity index is 749. The van der Waals surface area contributed by atoms with Gasteiger partial charge in [-0.3, -0.25) is 10.1 Å². The molecule has 0 atom stereocenters. The highest BCUT2D eigenvalue weighted by Crippen LogP contribution is 2.18. The summed E-state index contributed by atoms with van der Waals surface area (Å²) >= 11 is 0. The van der Waals surface area contributed by atoms with Crippen LogP contribution in [0.15, 0.2) is 48.5 Å². The smallest absolute Gasteiger partial charge is 0.412 e. The van der Waals surface area contributed by atoms with Crippen LogP contribution in [0.5, 0.6) is 5.75 Å². The van der Waals surface area contributed by atoms with Gasteiger partial charge in [0.2, 0.25) is 0 Å². The van der Waals surface area contributed by atoms with Gasteiger partial charge in [-0.25, -0.2) is 4.79 Å². The summed E-state index contributed by atoms with van der Waals surface area (Å²) in [6.45, 7) is 5.35. The first-order valence-corrected chi connectivity index (χ1v) is 7.82. The number of hydrogen-bond donors (Lipinski definition) is 2. The Kier molecular flexibility index (Phi) is 5.64. The molecule has 0 aliphatic rings. The van der Waals surface area contributed by atoms with Crippen molar-refractivity contribution >= 4 is 23.4 Å². The van der Waals surface area contributed by atoms with Crippen molar-refractivity contribution in [2.75, 3.05) is 17.7 Å². The van der Waals surface area contributed by atoms with Crippen LogP contribution in [0.3, 0.4) is 0 Å². The minimum atomic E-state index is -0.590. The summed E-state index contributed by atoms with van der Waals surface area (Å²) in [5.74, 6) is 0.430. The lowest BCUT2D eigenvalue weighted by molar-refractivity contribution is 0.0635. The second-order valence-electron chi connectivity index (χ2n) is 6.39. The molecule has 0 heterocycles. The fourth-order valence-corrected chi connectivity index (χ4v) is 2.04. The van der Waals surface area contributed by atoms with E-state index < -0.39 is 11.7 Å². The van der Waals surface area contributed by atoms with Crippen LogP contribution in [-0.4, -0.2) is 24.7 Å². The van der Waals surface area contributed by atoms with Crippen LogP contribution in [0.1, 0.15) is 31.1 Å². The largest absolute Gasteiger partial charge is 0.497 e. The molecule has 0 aromatic heterocycles. The first kappa shape index (κ1) is 18.3. The second-order valence-corrected chi connectivity index (χ2v) is 6.39. The van der Waals surface area contributed by atoms with E-state index in [0.717, 1.165) is 0 Å². The van der Waals surface area contributed by atoms with Gasteiger partial charge in [-0.1, -0.05) is 6.07 Å². The van der Waals surface area contributed by atoms with Crippen molar-refractivity contribution in [3.63, 3.8) is 0 Å². The van der Waals surface area contributed by atoms with Gasteiger partial charge in [0.25, 0.3) is 5.91 Å². The number of amides is 2. The predicted octanol–water partition coefficient (Wildman–Crippen LogP) is 4.29. The van der Waals surface area contributed by atoms with Gasteiger partial charge in [-0.15, -0.1) is 0 Å². The monoisotopic (exact) mass is 342 g/mol. The van der Waals surface area contributed by atoms with Crippen LogP contribution in [0.2, 0.25) is 0 Å². The van der Waals surface area contributed by atoms with Crippen LogP contribution in [0, 0.1) is 0 Å². The summed E-state index contributed by atoms with van der Waals surface area (Å²) in [5.41, 5.74) is 0.963. The summed E-state index contributed by atoms with van der Waals surface area (Å²) in [7, 11) is 1.58. The fourth-order valence-electron chi connectivity index (χ4n) is 2.04. The minimum absolute atomic E-state index is 0.280. The Morgan fingerprint density at radius 2 is 1.60 bits per heavy atom. The molecule has 25 heavy (non-hydrogen) atoms. The molecular weight excluding hydrogens is 320 g/mol. The zero-order valence-corrected chi connectivity index (χ0v) is 14.8. The van der Waals surface area contributed by atoms with Gasteiger partial charge in [0.15, 0.2) is 0 Å². The van der Waals surface area contributed by atoms with Crippen molar-refractivity contribution in [1.82, 2.24) is 0 Å². The van der Waals surface area contributed by atoms with Gasteiger partial charge in [0.1, 0.15) is 11.4 Å². The van der Waals surface area contributed by atoms with Gasteiger partial charge in [-0.2, -0.15) is 0 Å². The van der Waals surface area contributed by atoms with E-state index in [2.05, 4.69) is 10.6 Å². The number of carbonyl (C=O) groups is 2. The van der Waals surface area contributed by atoms with E-state index in [0.29, 0.717) is 22.7 Å². The highest BCUT2D eigenvalue weighted by atomic mass is 16.6. The van der Waals surface area contributed by atoms with Gasteiger partial charge in [0, 0.05) is 16.9 Å². The molecule has 0 spiro atoms. The van der Waals surface area contributed by atoms with Crippen LogP contribution < -0.4 is 15.4 Å². The summed E-state index contributed by atoms with van der Waals surface area (Å²) < 4.78 is 10.3. The highest BCUT2D eigenvalue weighted by Gasteiger charge is 2.16. The summed E-state index contributed by atoms with van der Waals surface area (Å²) in [6, 6.07) is 13.6. The molecule has 0 fully saturated rings. The molecule has 2 amide bonds. The molecule has 0 saturated heterocycles. The molecule has 0 saturated carbocycles. The van der Waals surface area contributed by atoms with E-state index >= 15 is 0 Å². The highest BCUT2D eigenvalue weighted by molar-refractivity contribution is 6.05. The van der Waals surface area contributed by atoms with Crippen LogP contribution in [0.25, 0.3) is 0 Å². The Morgan fingerprint density at radius 1 is 0.920 bits per heavy atom. The van der Waals surface area contributed by atoms with Crippen molar-refractivity contribution in [2.24, 2.45) is 0 Å². The molecule has 2 rings (SSSR count). The van der Waals surface area contributed by atoms with E-state index in [1.54, 1.807) is 76.4 Å². The molecule has 2 N–H and O–H groups in total. The number of ether oxygens (including phenoxy) is 2. The third-order valence-electron chi connectivity index (χ3n) is 3.12. The van der Waals surface area contributed by atoms with Crippen LogP contribution in [-0.2, 0) is 4.74 Å². The maximum Gasteiger partial charge on any atom is 0.412 e. The minimum Gasteiger partial charge on any atom is -0.497 e. The van der Waals surface area contributed by atoms with Crippen molar-refractivity contribution < 1.29 is 19.1 Å². The number of methoxy groups -OCH3 is 1. The molecule has 2 aromatic rings. The Morgan fingerprint density at radius 3 is 2.20 bits per heavy atom. The van der Waals surface area contributed by atoms with Crippen molar-refractivity contribution in [2.45, 2.75) is 26.4 Å². The van der Waals surface area contributed by atoms with E-state index in [9.17, 15) is 9.59 Å². The third-order valence-corrected chi connectivity index (χ3v) is 3.12. The van der Waals surface area contributed by atoms with E-state index in [1.807, 2.05) is 0 Å². The Balaban J connectivity index is 2.04. The lowest BCUT2D eigenvalue weighted by atomic mass is 10.2. The van der Waals surface area contributed by atoms with Crippen molar-refractivity contribution in [3.8, 4) is 5.75 Å². The fraction of sp³-hybridized carbons (Fsp3) is 0.263. The number of carbonyl (C=O) groups excluding carboxylic acids is 2.